The van der Waals surface area contributed by atoms with Crippen molar-refractivity contribution in [2.75, 3.05) is 49.6 Å². The summed E-state index contributed by atoms with van der Waals surface area (Å²) in [5, 5.41) is 15.1. The molecular formula is C28H33FN8O3. The molecule has 2 fully saturated rings. The zero-order valence-electron chi connectivity index (χ0n) is 22.8. The first-order valence-electron chi connectivity index (χ1n) is 13.5. The Labute approximate surface area is 231 Å². The van der Waals surface area contributed by atoms with E-state index < -0.39 is 11.7 Å². The second kappa shape index (κ2) is 11.0. The molecule has 0 radical (unpaired) electrons. The molecule has 3 atom stereocenters. The first kappa shape index (κ1) is 26.4. The van der Waals surface area contributed by atoms with Crippen molar-refractivity contribution in [3.63, 3.8) is 0 Å². The SMILES string of the molecule is C[C@H]1CN(c2ccc(C(=O)Nc3cc(F)c4nn(C)cc4c3)c3nc(OCC4CNCCO4)ncc23)C[C@H](C)N1. The summed E-state index contributed by atoms with van der Waals surface area (Å²) in [6.07, 6.45) is 3.31. The van der Waals surface area contributed by atoms with Gasteiger partial charge in [0.25, 0.3) is 5.91 Å². The van der Waals surface area contributed by atoms with Crippen LogP contribution in [0.2, 0.25) is 0 Å². The lowest BCUT2D eigenvalue weighted by molar-refractivity contribution is -0.00170. The maximum absolute atomic E-state index is 14.7. The predicted molar refractivity (Wildman–Crippen MR) is 151 cm³/mol. The summed E-state index contributed by atoms with van der Waals surface area (Å²) in [4.78, 5) is 25.0. The van der Waals surface area contributed by atoms with E-state index in [1.165, 1.54) is 10.7 Å². The summed E-state index contributed by atoms with van der Waals surface area (Å²) >= 11 is 0. The van der Waals surface area contributed by atoms with Gasteiger partial charge in [0.05, 0.1) is 17.7 Å². The molecule has 6 rings (SSSR count). The van der Waals surface area contributed by atoms with E-state index in [1.807, 2.05) is 6.07 Å². The second-order valence-corrected chi connectivity index (χ2v) is 10.6. The van der Waals surface area contributed by atoms with Crippen molar-refractivity contribution in [1.82, 2.24) is 30.4 Å². The van der Waals surface area contributed by atoms with Gasteiger partial charge < -0.3 is 30.3 Å². The van der Waals surface area contributed by atoms with E-state index in [0.717, 1.165) is 30.7 Å². The lowest BCUT2D eigenvalue weighted by atomic mass is 10.0. The zero-order valence-corrected chi connectivity index (χ0v) is 22.8. The van der Waals surface area contributed by atoms with Crippen molar-refractivity contribution < 1.29 is 18.7 Å². The number of carbonyl (C=O) groups excluding carboxylic acids is 1. The summed E-state index contributed by atoms with van der Waals surface area (Å²) in [7, 11) is 1.72. The number of piperazine rings is 1. The molecule has 0 spiro atoms. The second-order valence-electron chi connectivity index (χ2n) is 10.6. The maximum atomic E-state index is 14.7. The molecule has 11 nitrogen and oxygen atoms in total. The molecule has 2 saturated heterocycles. The van der Waals surface area contributed by atoms with Crippen LogP contribution in [0.15, 0.2) is 36.7 Å². The molecule has 4 heterocycles. The molecule has 0 bridgehead atoms. The number of anilines is 2. The summed E-state index contributed by atoms with van der Waals surface area (Å²) < 4.78 is 27.8. The third-order valence-electron chi connectivity index (χ3n) is 7.19. The van der Waals surface area contributed by atoms with Crippen molar-refractivity contribution in [2.45, 2.75) is 32.0 Å². The lowest BCUT2D eigenvalue weighted by Gasteiger charge is -2.38. The Kier molecular flexibility index (Phi) is 7.22. The van der Waals surface area contributed by atoms with Crippen molar-refractivity contribution in [3.8, 4) is 6.01 Å². The number of carbonyl (C=O) groups is 1. The van der Waals surface area contributed by atoms with Gasteiger partial charge in [0, 0.05) is 79.9 Å². The Hall–Kier alpha value is -3.87. The highest BCUT2D eigenvalue weighted by molar-refractivity contribution is 6.14. The van der Waals surface area contributed by atoms with Gasteiger partial charge in [-0.1, -0.05) is 0 Å². The summed E-state index contributed by atoms with van der Waals surface area (Å²) in [5.74, 6) is -0.918. The monoisotopic (exact) mass is 548 g/mol. The molecule has 2 aliphatic rings. The van der Waals surface area contributed by atoms with Crippen molar-refractivity contribution >= 4 is 39.1 Å². The van der Waals surface area contributed by atoms with Crippen LogP contribution in [0.4, 0.5) is 15.8 Å². The number of rotatable bonds is 6. The smallest absolute Gasteiger partial charge is 0.317 e. The molecular weight excluding hydrogens is 515 g/mol. The summed E-state index contributed by atoms with van der Waals surface area (Å²) in [6.45, 7) is 8.31. The van der Waals surface area contributed by atoms with Gasteiger partial charge in [0.1, 0.15) is 18.2 Å². The van der Waals surface area contributed by atoms with E-state index in [0.29, 0.717) is 47.4 Å². The van der Waals surface area contributed by atoms with Crippen LogP contribution in [-0.2, 0) is 11.8 Å². The molecule has 2 aliphatic heterocycles. The van der Waals surface area contributed by atoms with Crippen LogP contribution in [0.1, 0.15) is 24.2 Å². The minimum Gasteiger partial charge on any atom is -0.461 e. The fraction of sp³-hybridized carbons (Fsp3) is 0.429. The van der Waals surface area contributed by atoms with Crippen LogP contribution in [0.3, 0.4) is 0 Å². The van der Waals surface area contributed by atoms with Gasteiger partial charge in [-0.05, 0) is 38.1 Å². The Morgan fingerprint density at radius 1 is 1.23 bits per heavy atom. The molecule has 0 saturated carbocycles. The Balaban J connectivity index is 1.34. The van der Waals surface area contributed by atoms with Crippen LogP contribution in [0, 0.1) is 5.82 Å². The highest BCUT2D eigenvalue weighted by atomic mass is 19.1. The number of nitrogens with zero attached hydrogens (tertiary/aromatic N) is 5. The molecule has 2 aromatic heterocycles. The van der Waals surface area contributed by atoms with Crippen LogP contribution < -0.4 is 25.6 Å². The molecule has 1 unspecified atom stereocenters. The standard InChI is InChI=1S/C28H33FN8O3/c1-16-12-37(13-17(2)32-16)24-5-4-21(27(38)33-19-8-18-14-36(3)35-25(18)23(29)9-19)26-22(24)11-31-28(34-26)40-15-20-10-30-6-7-39-20/h4-5,8-9,11,14,16-17,20,30,32H,6-7,10,12-13,15H2,1-3H3,(H,33,38)/t16-,17-,20?/m0/s1. The fourth-order valence-electron chi connectivity index (χ4n) is 5.52. The van der Waals surface area contributed by atoms with Crippen LogP contribution in [0.5, 0.6) is 6.01 Å². The number of hydrogen-bond acceptors (Lipinski definition) is 9. The third-order valence-corrected chi connectivity index (χ3v) is 7.19. The number of benzene rings is 2. The van der Waals surface area contributed by atoms with E-state index in [2.05, 4.69) is 49.8 Å². The van der Waals surface area contributed by atoms with E-state index >= 15 is 0 Å². The number of hydrogen-bond donors (Lipinski definition) is 3. The molecule has 40 heavy (non-hydrogen) atoms. The first-order valence-corrected chi connectivity index (χ1v) is 13.5. The average Bonchev–Trinajstić information content (AvgIpc) is 3.32. The third kappa shape index (κ3) is 5.42. The zero-order chi connectivity index (χ0) is 27.8. The van der Waals surface area contributed by atoms with E-state index in [9.17, 15) is 9.18 Å². The van der Waals surface area contributed by atoms with E-state index in [1.54, 1.807) is 31.6 Å². The van der Waals surface area contributed by atoms with Crippen molar-refractivity contribution in [1.29, 1.82) is 0 Å². The number of morpholine rings is 1. The average molecular weight is 549 g/mol. The molecule has 0 aliphatic carbocycles. The highest BCUT2D eigenvalue weighted by Gasteiger charge is 2.25. The molecule has 210 valence electrons. The molecule has 4 aromatic rings. The number of ether oxygens (including phenoxy) is 2. The number of amides is 1. The van der Waals surface area contributed by atoms with Gasteiger partial charge in [0.15, 0.2) is 5.82 Å². The topological polar surface area (TPSA) is 118 Å². The minimum absolute atomic E-state index is 0.108. The van der Waals surface area contributed by atoms with Gasteiger partial charge in [-0.15, -0.1) is 0 Å². The van der Waals surface area contributed by atoms with E-state index in [4.69, 9.17) is 9.47 Å². The van der Waals surface area contributed by atoms with Crippen LogP contribution >= 0.6 is 0 Å². The van der Waals surface area contributed by atoms with Crippen molar-refractivity contribution in [3.05, 3.63) is 48.0 Å². The first-order chi connectivity index (χ1) is 19.3. The summed E-state index contributed by atoms with van der Waals surface area (Å²) in [6, 6.07) is 7.42. The van der Waals surface area contributed by atoms with Crippen LogP contribution in [-0.4, -0.2) is 83.2 Å². The Bertz CT molecular complexity index is 1540. The molecule has 1 amide bonds. The lowest BCUT2D eigenvalue weighted by Crippen LogP contribution is -2.54. The number of aromatic nitrogens is 4. The molecule has 2 aromatic carbocycles. The molecule has 3 N–H and O–H groups in total. The van der Waals surface area contributed by atoms with Gasteiger partial charge in [-0.3, -0.25) is 9.48 Å². The quantitative estimate of drug-likeness (QED) is 0.334. The van der Waals surface area contributed by atoms with Gasteiger partial charge >= 0.3 is 6.01 Å². The largest absolute Gasteiger partial charge is 0.461 e. The minimum atomic E-state index is -0.506. The van der Waals surface area contributed by atoms with Crippen molar-refractivity contribution in [2.24, 2.45) is 7.05 Å². The molecule has 12 heteroatoms. The van der Waals surface area contributed by atoms with Gasteiger partial charge in [0.2, 0.25) is 0 Å². The number of aryl methyl sites for hydroxylation is 1. The number of fused-ring (bicyclic) bond motifs is 2. The Morgan fingerprint density at radius 3 is 2.83 bits per heavy atom. The summed E-state index contributed by atoms with van der Waals surface area (Å²) in [5.41, 5.74) is 2.33. The van der Waals surface area contributed by atoms with Gasteiger partial charge in [-0.2, -0.15) is 10.1 Å². The van der Waals surface area contributed by atoms with E-state index in [-0.39, 0.29) is 24.2 Å². The predicted octanol–water partition coefficient (Wildman–Crippen LogP) is 2.46. The van der Waals surface area contributed by atoms with Crippen LogP contribution in [0.25, 0.3) is 21.8 Å². The normalized spacial score (nSPS) is 21.6. The number of halogens is 1. The Morgan fingerprint density at radius 2 is 2.05 bits per heavy atom. The number of nitrogens with one attached hydrogen (secondary N) is 3. The fourth-order valence-corrected chi connectivity index (χ4v) is 5.52. The maximum Gasteiger partial charge on any atom is 0.317 e. The highest BCUT2D eigenvalue weighted by Crippen LogP contribution is 2.31. The van der Waals surface area contributed by atoms with Gasteiger partial charge in [-0.25, -0.2) is 9.37 Å².